The van der Waals surface area contributed by atoms with Crippen LogP contribution in [0.25, 0.3) is 33.6 Å². The number of benzene rings is 3. The summed E-state index contributed by atoms with van der Waals surface area (Å²) in [5, 5.41) is 0. The van der Waals surface area contributed by atoms with Gasteiger partial charge in [0.15, 0.2) is 17.9 Å². The second kappa shape index (κ2) is 11.4. The molecule has 41 heavy (non-hydrogen) atoms. The van der Waals surface area contributed by atoms with Crippen LogP contribution in [0.1, 0.15) is 62.6 Å². The van der Waals surface area contributed by atoms with Gasteiger partial charge in [0, 0.05) is 48.6 Å². The molecular formula is C39H42N2+2. The van der Waals surface area contributed by atoms with Gasteiger partial charge in [0.05, 0.1) is 11.5 Å². The van der Waals surface area contributed by atoms with E-state index in [-0.39, 0.29) is 5.54 Å². The smallest absolute Gasteiger partial charge is 0.198 e. The molecule has 0 spiro atoms. The lowest BCUT2D eigenvalue weighted by Crippen LogP contribution is -2.62. The van der Waals surface area contributed by atoms with Gasteiger partial charge in [-0.1, -0.05) is 87.5 Å². The highest BCUT2D eigenvalue weighted by Gasteiger charge is 2.51. The van der Waals surface area contributed by atoms with Gasteiger partial charge >= 0.3 is 0 Å². The van der Waals surface area contributed by atoms with Gasteiger partial charge in [-0.15, -0.1) is 0 Å². The number of rotatable bonds is 8. The molecule has 0 N–H and O–H groups in total. The zero-order valence-electron chi connectivity index (χ0n) is 25.0. The molecule has 5 aromatic rings. The Morgan fingerprint density at radius 3 is 2.12 bits per heavy atom. The maximum atomic E-state index is 2.66. The van der Waals surface area contributed by atoms with Crippen LogP contribution in [0.2, 0.25) is 0 Å². The molecule has 3 aromatic carbocycles. The summed E-state index contributed by atoms with van der Waals surface area (Å²) in [5.74, 6) is 0.421. The van der Waals surface area contributed by atoms with E-state index in [0.29, 0.717) is 5.92 Å². The predicted molar refractivity (Wildman–Crippen MR) is 170 cm³/mol. The highest BCUT2D eigenvalue weighted by Crippen LogP contribution is 2.47. The Kier molecular flexibility index (Phi) is 7.58. The van der Waals surface area contributed by atoms with E-state index in [9.17, 15) is 0 Å². The Morgan fingerprint density at radius 1 is 0.683 bits per heavy atom. The number of hydrogen-bond donors (Lipinski definition) is 0. The van der Waals surface area contributed by atoms with Crippen molar-refractivity contribution in [3.8, 4) is 33.6 Å². The third-order valence-corrected chi connectivity index (χ3v) is 9.63. The first-order chi connectivity index (χ1) is 20.1. The van der Waals surface area contributed by atoms with E-state index < -0.39 is 0 Å². The van der Waals surface area contributed by atoms with Crippen LogP contribution in [0.3, 0.4) is 0 Å². The summed E-state index contributed by atoms with van der Waals surface area (Å²) in [7, 11) is 0. The molecule has 3 heterocycles. The van der Waals surface area contributed by atoms with Gasteiger partial charge in [-0.25, -0.2) is 0 Å². The SMILES string of the molecule is CCc1ccc[n+]2c1-c1ccccc1C(CC[n+]1ccc(-c3ccccc3)cc1-c1ccccc1C)C2(CC)CC. The summed E-state index contributed by atoms with van der Waals surface area (Å²) in [4.78, 5) is 0. The molecule has 6 rings (SSSR count). The fourth-order valence-electron chi connectivity index (χ4n) is 7.39. The number of hydrogen-bond acceptors (Lipinski definition) is 0. The van der Waals surface area contributed by atoms with Gasteiger partial charge in [0.2, 0.25) is 11.4 Å². The quantitative estimate of drug-likeness (QED) is 0.174. The zero-order valence-corrected chi connectivity index (χ0v) is 25.0. The van der Waals surface area contributed by atoms with E-state index >= 15 is 0 Å². The number of aromatic nitrogens is 2. The predicted octanol–water partition coefficient (Wildman–Crippen LogP) is 8.84. The largest absolute Gasteiger partial charge is 0.216 e. The highest BCUT2D eigenvalue weighted by molar-refractivity contribution is 5.70. The first-order valence-electron chi connectivity index (χ1n) is 15.4. The lowest BCUT2D eigenvalue weighted by Gasteiger charge is -2.40. The molecule has 0 aliphatic carbocycles. The average molecular weight is 539 g/mol. The van der Waals surface area contributed by atoms with Gasteiger partial charge in [0.1, 0.15) is 6.54 Å². The van der Waals surface area contributed by atoms with E-state index in [2.05, 4.69) is 152 Å². The van der Waals surface area contributed by atoms with Crippen molar-refractivity contribution < 1.29 is 9.13 Å². The molecule has 0 fully saturated rings. The van der Waals surface area contributed by atoms with Crippen LogP contribution in [0.5, 0.6) is 0 Å². The van der Waals surface area contributed by atoms with Crippen molar-refractivity contribution in [1.82, 2.24) is 0 Å². The minimum Gasteiger partial charge on any atom is -0.198 e. The van der Waals surface area contributed by atoms with Crippen LogP contribution in [-0.4, -0.2) is 0 Å². The number of nitrogens with zero attached hydrogens (tertiary/aromatic N) is 2. The maximum absolute atomic E-state index is 2.66. The maximum Gasteiger partial charge on any atom is 0.216 e. The van der Waals surface area contributed by atoms with Crippen LogP contribution in [0, 0.1) is 6.92 Å². The molecule has 0 saturated carbocycles. The molecule has 1 unspecified atom stereocenters. The summed E-state index contributed by atoms with van der Waals surface area (Å²) >= 11 is 0. The van der Waals surface area contributed by atoms with Crippen LogP contribution in [0.4, 0.5) is 0 Å². The fourth-order valence-corrected chi connectivity index (χ4v) is 7.39. The van der Waals surface area contributed by atoms with Crippen molar-refractivity contribution in [3.63, 3.8) is 0 Å². The monoisotopic (exact) mass is 538 g/mol. The van der Waals surface area contributed by atoms with E-state index in [0.717, 1.165) is 32.2 Å². The van der Waals surface area contributed by atoms with Crippen LogP contribution < -0.4 is 9.13 Å². The van der Waals surface area contributed by atoms with Crippen molar-refractivity contribution >= 4 is 0 Å². The van der Waals surface area contributed by atoms with Crippen molar-refractivity contribution in [1.29, 1.82) is 0 Å². The lowest BCUT2D eigenvalue weighted by atomic mass is 9.68. The molecular weight excluding hydrogens is 496 g/mol. The molecule has 2 nitrogen and oxygen atoms in total. The Morgan fingerprint density at radius 2 is 1.39 bits per heavy atom. The average Bonchev–Trinajstić information content (AvgIpc) is 3.04. The molecule has 0 amide bonds. The van der Waals surface area contributed by atoms with Crippen LogP contribution in [0.15, 0.2) is 116 Å². The second-order valence-corrected chi connectivity index (χ2v) is 11.5. The lowest BCUT2D eigenvalue weighted by molar-refractivity contribution is -0.765. The topological polar surface area (TPSA) is 7.76 Å². The zero-order chi connectivity index (χ0) is 28.4. The summed E-state index contributed by atoms with van der Waals surface area (Å²) < 4.78 is 5.15. The standard InChI is InChI=1S/C39H42N2/c1-5-30-19-15-25-41-38(30)35-22-14-13-21-34(35)36(39(41,6-2)7-3)24-27-40-26-23-32(31-17-9-8-10-18-31)28-37(40)33-20-12-11-16-29(33)4/h8-23,25-26,28,36H,5-7,24,27H2,1-4H3/q+2. The fraction of sp³-hybridized carbons (Fsp3) is 0.282. The summed E-state index contributed by atoms with van der Waals surface area (Å²) in [6, 6.07) is 38.0. The first-order valence-corrected chi connectivity index (χ1v) is 15.4. The van der Waals surface area contributed by atoms with Gasteiger partial charge in [-0.2, -0.15) is 9.13 Å². The van der Waals surface area contributed by atoms with Crippen molar-refractivity contribution in [2.45, 2.75) is 71.4 Å². The molecule has 0 saturated heterocycles. The molecule has 1 atom stereocenters. The van der Waals surface area contributed by atoms with Crippen LogP contribution >= 0.6 is 0 Å². The van der Waals surface area contributed by atoms with E-state index in [1.54, 1.807) is 0 Å². The number of aryl methyl sites for hydroxylation is 3. The van der Waals surface area contributed by atoms with E-state index in [1.807, 2.05) is 0 Å². The van der Waals surface area contributed by atoms with Crippen LogP contribution in [-0.2, 0) is 18.5 Å². The molecule has 1 aliphatic heterocycles. The Hall–Kier alpha value is -4.04. The number of pyridine rings is 2. The minimum absolute atomic E-state index is 0.0439. The Labute approximate surface area is 246 Å². The summed E-state index contributed by atoms with van der Waals surface area (Å²) in [6.07, 6.45) is 9.00. The molecule has 2 heteroatoms. The van der Waals surface area contributed by atoms with Crippen molar-refractivity contribution in [3.05, 3.63) is 132 Å². The first kappa shape index (κ1) is 27.1. The van der Waals surface area contributed by atoms with Gasteiger partial charge in [-0.3, -0.25) is 0 Å². The third kappa shape index (κ3) is 4.70. The molecule has 2 aromatic heterocycles. The molecule has 1 aliphatic rings. The normalized spacial score (nSPS) is 15.3. The van der Waals surface area contributed by atoms with Gasteiger partial charge in [0.25, 0.3) is 0 Å². The Bertz CT molecular complexity index is 1660. The Balaban J connectivity index is 1.45. The van der Waals surface area contributed by atoms with E-state index in [1.165, 1.54) is 50.3 Å². The molecule has 0 radical (unpaired) electrons. The minimum atomic E-state index is 0.0439. The highest BCUT2D eigenvalue weighted by atomic mass is 15.1. The van der Waals surface area contributed by atoms with Crippen molar-refractivity contribution in [2.24, 2.45) is 0 Å². The summed E-state index contributed by atoms with van der Waals surface area (Å²) in [5.41, 5.74) is 12.2. The molecule has 0 bridgehead atoms. The van der Waals surface area contributed by atoms with Crippen molar-refractivity contribution in [2.75, 3.05) is 0 Å². The van der Waals surface area contributed by atoms with E-state index in [4.69, 9.17) is 0 Å². The second-order valence-electron chi connectivity index (χ2n) is 11.5. The molecule has 206 valence electrons. The summed E-state index contributed by atoms with van der Waals surface area (Å²) in [6.45, 7) is 10.3. The number of fused-ring (bicyclic) bond motifs is 3. The van der Waals surface area contributed by atoms with Gasteiger partial charge < -0.3 is 0 Å². The third-order valence-electron chi connectivity index (χ3n) is 9.63. The van der Waals surface area contributed by atoms with Gasteiger partial charge in [-0.05, 0) is 53.8 Å².